The number of nitrogens with zero attached hydrogens (tertiary/aromatic N) is 1. The molecule has 0 spiro atoms. The van der Waals surface area contributed by atoms with E-state index >= 15 is 0 Å². The van der Waals surface area contributed by atoms with Crippen molar-refractivity contribution in [3.63, 3.8) is 0 Å². The van der Waals surface area contributed by atoms with Crippen LogP contribution in [0, 0.1) is 11.8 Å². The fraction of sp³-hybridized carbons (Fsp3) is 0.917. The van der Waals surface area contributed by atoms with Crippen molar-refractivity contribution >= 4 is 21.8 Å². The van der Waals surface area contributed by atoms with Crippen LogP contribution < -0.4 is 0 Å². The maximum atomic E-state index is 12.0. The van der Waals surface area contributed by atoms with Gasteiger partial charge in [-0.15, -0.1) is 0 Å². The Balaban J connectivity index is 1.82. The van der Waals surface area contributed by atoms with Crippen LogP contribution in [0.15, 0.2) is 0 Å². The van der Waals surface area contributed by atoms with Crippen molar-refractivity contribution in [2.45, 2.75) is 43.9 Å². The lowest BCUT2D eigenvalue weighted by atomic mass is 9.82. The van der Waals surface area contributed by atoms with E-state index in [1.165, 1.54) is 25.7 Å². The van der Waals surface area contributed by atoms with Gasteiger partial charge < -0.3 is 4.90 Å². The number of amides is 1. The molecule has 2 nitrogen and oxygen atoms in total. The van der Waals surface area contributed by atoms with Crippen molar-refractivity contribution in [2.24, 2.45) is 11.8 Å². The molecule has 2 fully saturated rings. The molecular weight excluding hydrogens is 254 g/mol. The number of piperidine rings is 1. The SMILES string of the molecule is CC1CC(Br)CN(C(=O)CC2CCC2)C1. The molecule has 0 aromatic heterocycles. The highest BCUT2D eigenvalue weighted by atomic mass is 79.9. The molecule has 0 bridgehead atoms. The Morgan fingerprint density at radius 1 is 1.40 bits per heavy atom. The molecule has 0 N–H and O–H groups in total. The molecule has 0 aromatic carbocycles. The predicted molar refractivity (Wildman–Crippen MR) is 65.0 cm³/mol. The van der Waals surface area contributed by atoms with Crippen LogP contribution in [0.1, 0.15) is 39.0 Å². The first-order valence-corrected chi connectivity index (χ1v) is 6.98. The summed E-state index contributed by atoms with van der Waals surface area (Å²) in [5.74, 6) is 1.73. The van der Waals surface area contributed by atoms with E-state index in [9.17, 15) is 4.79 Å². The third-order valence-corrected chi connectivity index (χ3v) is 4.31. The van der Waals surface area contributed by atoms with Gasteiger partial charge in [-0.3, -0.25) is 4.79 Å². The van der Waals surface area contributed by atoms with Crippen molar-refractivity contribution in [2.75, 3.05) is 13.1 Å². The van der Waals surface area contributed by atoms with Crippen LogP contribution in [0.4, 0.5) is 0 Å². The summed E-state index contributed by atoms with van der Waals surface area (Å²) < 4.78 is 0. The topological polar surface area (TPSA) is 20.3 Å². The molecule has 1 aliphatic carbocycles. The molecule has 2 unspecified atom stereocenters. The largest absolute Gasteiger partial charge is 0.341 e. The molecule has 86 valence electrons. The molecule has 0 radical (unpaired) electrons. The second-order valence-corrected chi connectivity index (χ2v) is 6.53. The normalized spacial score (nSPS) is 32.5. The van der Waals surface area contributed by atoms with Gasteiger partial charge in [-0.05, 0) is 31.1 Å². The van der Waals surface area contributed by atoms with E-state index in [1.54, 1.807) is 0 Å². The first-order chi connectivity index (χ1) is 7.15. The lowest BCUT2D eigenvalue weighted by Crippen LogP contribution is -2.44. The first kappa shape index (κ1) is 11.4. The fourth-order valence-corrected chi connectivity index (χ4v) is 3.54. The van der Waals surface area contributed by atoms with E-state index < -0.39 is 0 Å². The summed E-state index contributed by atoms with van der Waals surface area (Å²) in [4.78, 5) is 14.6. The van der Waals surface area contributed by atoms with Crippen molar-refractivity contribution in [1.82, 2.24) is 4.90 Å². The average molecular weight is 274 g/mol. The molecule has 1 saturated carbocycles. The third-order valence-electron chi connectivity index (χ3n) is 3.65. The van der Waals surface area contributed by atoms with E-state index in [0.29, 0.717) is 22.6 Å². The minimum absolute atomic E-state index is 0.385. The van der Waals surface area contributed by atoms with E-state index in [4.69, 9.17) is 0 Å². The van der Waals surface area contributed by atoms with E-state index in [1.807, 2.05) is 0 Å². The van der Waals surface area contributed by atoms with Gasteiger partial charge in [-0.1, -0.05) is 29.3 Å². The Morgan fingerprint density at radius 3 is 2.67 bits per heavy atom. The highest BCUT2D eigenvalue weighted by molar-refractivity contribution is 9.09. The smallest absolute Gasteiger partial charge is 0.222 e. The summed E-state index contributed by atoms with van der Waals surface area (Å²) in [5, 5.41) is 0. The van der Waals surface area contributed by atoms with Crippen molar-refractivity contribution < 1.29 is 4.79 Å². The number of alkyl halides is 1. The lowest BCUT2D eigenvalue weighted by molar-refractivity contribution is -0.134. The number of hydrogen-bond donors (Lipinski definition) is 0. The highest BCUT2D eigenvalue weighted by Gasteiger charge is 2.29. The molecular formula is C12H20BrNO. The second-order valence-electron chi connectivity index (χ2n) is 5.24. The van der Waals surface area contributed by atoms with Gasteiger partial charge in [-0.25, -0.2) is 0 Å². The number of carbonyl (C=O) groups excluding carboxylic acids is 1. The maximum absolute atomic E-state index is 12.0. The summed E-state index contributed by atoms with van der Waals surface area (Å²) in [6, 6.07) is 0. The Kier molecular flexibility index (Phi) is 3.70. The molecule has 1 aliphatic heterocycles. The zero-order chi connectivity index (χ0) is 10.8. The molecule has 1 saturated heterocycles. The van der Waals surface area contributed by atoms with Gasteiger partial charge in [0.2, 0.25) is 5.91 Å². The van der Waals surface area contributed by atoms with Crippen LogP contribution in [0.3, 0.4) is 0 Å². The molecule has 15 heavy (non-hydrogen) atoms. The Bertz CT molecular complexity index is 230. The predicted octanol–water partition coefficient (Wildman–Crippen LogP) is 2.81. The van der Waals surface area contributed by atoms with Crippen molar-refractivity contribution in [3.8, 4) is 0 Å². The third kappa shape index (κ3) is 2.96. The molecule has 2 aliphatic rings. The average Bonchev–Trinajstić information content (AvgIpc) is 2.09. The fourth-order valence-electron chi connectivity index (χ4n) is 2.55. The molecule has 3 heteroatoms. The van der Waals surface area contributed by atoms with Gasteiger partial charge in [0.25, 0.3) is 0 Å². The Labute approximate surface area is 101 Å². The molecule has 2 atom stereocenters. The van der Waals surface area contributed by atoms with Gasteiger partial charge in [0.05, 0.1) is 0 Å². The van der Waals surface area contributed by atoms with E-state index in [2.05, 4.69) is 27.8 Å². The van der Waals surface area contributed by atoms with Crippen molar-refractivity contribution in [3.05, 3.63) is 0 Å². The molecule has 1 amide bonds. The Hall–Kier alpha value is -0.0500. The van der Waals surface area contributed by atoms with Crippen LogP contribution in [0.5, 0.6) is 0 Å². The summed E-state index contributed by atoms with van der Waals surface area (Å²) in [6.07, 6.45) is 5.87. The molecule has 2 rings (SSSR count). The standard InChI is InChI=1S/C12H20BrNO/c1-9-5-11(13)8-14(7-9)12(15)6-10-3-2-4-10/h9-11H,2-8H2,1H3. The van der Waals surface area contributed by atoms with Crippen LogP contribution in [-0.4, -0.2) is 28.7 Å². The van der Waals surface area contributed by atoms with E-state index in [0.717, 1.165) is 19.5 Å². The van der Waals surface area contributed by atoms with Gasteiger partial charge in [0, 0.05) is 24.3 Å². The van der Waals surface area contributed by atoms with Crippen molar-refractivity contribution in [1.29, 1.82) is 0 Å². The van der Waals surface area contributed by atoms with Gasteiger partial charge >= 0.3 is 0 Å². The number of carbonyl (C=O) groups is 1. The monoisotopic (exact) mass is 273 g/mol. The second kappa shape index (κ2) is 4.86. The number of hydrogen-bond acceptors (Lipinski definition) is 1. The molecule has 0 aromatic rings. The summed E-state index contributed by atoms with van der Waals surface area (Å²) in [7, 11) is 0. The number of halogens is 1. The van der Waals surface area contributed by atoms with Crippen LogP contribution in [0.25, 0.3) is 0 Å². The number of likely N-dealkylation sites (tertiary alicyclic amines) is 1. The zero-order valence-electron chi connectivity index (χ0n) is 9.42. The summed E-state index contributed by atoms with van der Waals surface area (Å²) in [5.41, 5.74) is 0. The highest BCUT2D eigenvalue weighted by Crippen LogP contribution is 2.31. The Morgan fingerprint density at radius 2 is 2.13 bits per heavy atom. The minimum atomic E-state index is 0.385. The first-order valence-electron chi connectivity index (χ1n) is 6.07. The minimum Gasteiger partial charge on any atom is -0.341 e. The van der Waals surface area contributed by atoms with Gasteiger partial charge in [0.1, 0.15) is 0 Å². The van der Waals surface area contributed by atoms with E-state index in [-0.39, 0.29) is 0 Å². The van der Waals surface area contributed by atoms with Gasteiger partial charge in [0.15, 0.2) is 0 Å². The van der Waals surface area contributed by atoms with Crippen LogP contribution in [-0.2, 0) is 4.79 Å². The zero-order valence-corrected chi connectivity index (χ0v) is 11.0. The van der Waals surface area contributed by atoms with Gasteiger partial charge in [-0.2, -0.15) is 0 Å². The quantitative estimate of drug-likeness (QED) is 0.709. The number of rotatable bonds is 2. The lowest BCUT2D eigenvalue weighted by Gasteiger charge is -2.36. The molecule has 1 heterocycles. The summed E-state index contributed by atoms with van der Waals surface area (Å²) in [6.45, 7) is 4.11. The maximum Gasteiger partial charge on any atom is 0.222 e. The van der Waals surface area contributed by atoms with Crippen LogP contribution >= 0.6 is 15.9 Å². The van der Waals surface area contributed by atoms with Crippen LogP contribution in [0.2, 0.25) is 0 Å². The summed E-state index contributed by atoms with van der Waals surface area (Å²) >= 11 is 3.64.